The fourth-order valence-corrected chi connectivity index (χ4v) is 8.56. The highest BCUT2D eigenvalue weighted by molar-refractivity contribution is 8.03. The molecule has 0 aromatic carbocycles. The Morgan fingerprint density at radius 1 is 0.923 bits per heavy atom. The van der Waals surface area contributed by atoms with Crippen LogP contribution in [0.3, 0.4) is 0 Å². The summed E-state index contributed by atoms with van der Waals surface area (Å²) in [4.78, 5) is 0. The van der Waals surface area contributed by atoms with Crippen molar-refractivity contribution in [2.45, 2.75) is 80.5 Å². The van der Waals surface area contributed by atoms with Gasteiger partial charge in [-0.05, 0) is 34.1 Å². The Kier molecular flexibility index (Phi) is 4.68. The summed E-state index contributed by atoms with van der Waals surface area (Å²) in [5.41, 5.74) is -1.76. The molecule has 0 saturated carbocycles. The second-order valence-corrected chi connectivity index (χ2v) is 11.7. The van der Waals surface area contributed by atoms with E-state index >= 15 is 0 Å². The molecule has 10 heteroatoms. The van der Waals surface area contributed by atoms with Crippen LogP contribution in [0.4, 0.5) is 0 Å². The Morgan fingerprint density at radius 2 is 1.58 bits per heavy atom. The van der Waals surface area contributed by atoms with Crippen LogP contribution in [-0.4, -0.2) is 78.0 Å². The molecule has 0 aromatic heterocycles. The summed E-state index contributed by atoms with van der Waals surface area (Å²) in [5, 5.41) is 11.8. The SMILES string of the molecule is CC1(C)OC[C@H]([C@H]2O[C@@H]3OC(C)(C)O[C@@H]3[C@@]2(O)C2S(=O)CCCS2=O)O1. The number of rotatable bonds is 2. The summed E-state index contributed by atoms with van der Waals surface area (Å²) in [5.74, 6) is -1.00. The summed E-state index contributed by atoms with van der Waals surface area (Å²) in [6.45, 7) is 7.19. The third kappa shape index (κ3) is 3.02. The van der Waals surface area contributed by atoms with Crippen LogP contribution in [0.25, 0.3) is 0 Å². The van der Waals surface area contributed by atoms with Crippen LogP contribution in [0.2, 0.25) is 0 Å². The average Bonchev–Trinajstić information content (AvgIpc) is 3.10. The van der Waals surface area contributed by atoms with Gasteiger partial charge in [0.1, 0.15) is 22.9 Å². The molecule has 26 heavy (non-hydrogen) atoms. The molecule has 4 rings (SSSR count). The molecule has 2 unspecified atom stereocenters. The van der Waals surface area contributed by atoms with Gasteiger partial charge in [0, 0.05) is 33.1 Å². The maximum atomic E-state index is 12.8. The van der Waals surface area contributed by atoms with Gasteiger partial charge in [-0.1, -0.05) is 0 Å². The summed E-state index contributed by atoms with van der Waals surface area (Å²) in [7, 11) is -2.95. The van der Waals surface area contributed by atoms with Gasteiger partial charge < -0.3 is 28.8 Å². The lowest BCUT2D eigenvalue weighted by Gasteiger charge is -2.41. The van der Waals surface area contributed by atoms with E-state index in [9.17, 15) is 13.5 Å². The van der Waals surface area contributed by atoms with Gasteiger partial charge in [0.25, 0.3) is 0 Å². The highest BCUT2D eigenvalue weighted by Crippen LogP contribution is 2.49. The zero-order valence-electron chi connectivity index (χ0n) is 15.3. The van der Waals surface area contributed by atoms with E-state index in [1.165, 1.54) is 0 Å². The Labute approximate surface area is 157 Å². The molecule has 4 aliphatic rings. The van der Waals surface area contributed by atoms with Gasteiger partial charge in [-0.3, -0.25) is 8.42 Å². The summed E-state index contributed by atoms with van der Waals surface area (Å²) in [6.07, 6.45) is -2.66. The van der Waals surface area contributed by atoms with E-state index in [-0.39, 0.29) is 6.61 Å². The smallest absolute Gasteiger partial charge is 0.190 e. The van der Waals surface area contributed by atoms with Gasteiger partial charge in [0.15, 0.2) is 23.5 Å². The molecule has 8 nitrogen and oxygen atoms in total. The van der Waals surface area contributed by atoms with E-state index in [1.54, 1.807) is 27.7 Å². The molecule has 7 atom stereocenters. The van der Waals surface area contributed by atoms with Gasteiger partial charge in [-0.15, -0.1) is 0 Å². The minimum absolute atomic E-state index is 0.203. The molecule has 0 radical (unpaired) electrons. The predicted molar refractivity (Wildman–Crippen MR) is 93.0 cm³/mol. The molecule has 0 aromatic rings. The first-order valence-corrected chi connectivity index (χ1v) is 11.6. The fraction of sp³-hybridized carbons (Fsp3) is 1.00. The number of aliphatic hydroxyl groups is 1. The predicted octanol–water partition coefficient (Wildman–Crippen LogP) is -0.0274. The molecule has 4 saturated heterocycles. The van der Waals surface area contributed by atoms with Crippen LogP contribution in [-0.2, 0) is 45.3 Å². The minimum atomic E-state index is -1.76. The van der Waals surface area contributed by atoms with E-state index in [0.717, 1.165) is 0 Å². The van der Waals surface area contributed by atoms with Crippen LogP contribution in [0.5, 0.6) is 0 Å². The van der Waals surface area contributed by atoms with Crippen LogP contribution in [0.15, 0.2) is 0 Å². The topological polar surface area (TPSA) is 101 Å². The van der Waals surface area contributed by atoms with Crippen molar-refractivity contribution in [1.29, 1.82) is 0 Å². The van der Waals surface area contributed by atoms with Crippen molar-refractivity contribution in [2.24, 2.45) is 0 Å². The van der Waals surface area contributed by atoms with E-state index in [4.69, 9.17) is 23.7 Å². The van der Waals surface area contributed by atoms with E-state index in [0.29, 0.717) is 17.9 Å². The monoisotopic (exact) mass is 410 g/mol. The largest absolute Gasteiger partial charge is 0.382 e. The van der Waals surface area contributed by atoms with Crippen LogP contribution in [0.1, 0.15) is 34.1 Å². The molecule has 0 amide bonds. The first-order valence-electron chi connectivity index (χ1n) is 8.83. The Hall–Kier alpha value is 0.0600. The second kappa shape index (κ2) is 6.28. The number of hydrogen-bond acceptors (Lipinski definition) is 8. The van der Waals surface area contributed by atoms with Gasteiger partial charge in [0.05, 0.1) is 6.61 Å². The molecule has 4 fully saturated rings. The van der Waals surface area contributed by atoms with Gasteiger partial charge in [-0.2, -0.15) is 0 Å². The maximum Gasteiger partial charge on any atom is 0.190 e. The van der Waals surface area contributed by atoms with Crippen molar-refractivity contribution in [3.05, 3.63) is 0 Å². The van der Waals surface area contributed by atoms with E-state index in [1.807, 2.05) is 0 Å². The Bertz CT molecular complexity index is 622. The summed E-state index contributed by atoms with van der Waals surface area (Å²) in [6, 6.07) is 0. The second-order valence-electron chi connectivity index (χ2n) is 8.09. The lowest BCUT2D eigenvalue weighted by atomic mass is 9.91. The molecule has 0 aliphatic carbocycles. The number of ether oxygens (including phenoxy) is 5. The number of hydrogen-bond donors (Lipinski definition) is 1. The normalized spacial score (nSPS) is 52.9. The Morgan fingerprint density at radius 3 is 2.15 bits per heavy atom. The van der Waals surface area contributed by atoms with Crippen molar-refractivity contribution in [3.63, 3.8) is 0 Å². The van der Waals surface area contributed by atoms with Crippen molar-refractivity contribution in [3.8, 4) is 0 Å². The molecule has 1 N–H and O–H groups in total. The van der Waals surface area contributed by atoms with Crippen molar-refractivity contribution < 1.29 is 37.2 Å². The molecule has 0 bridgehead atoms. The molecule has 4 heterocycles. The van der Waals surface area contributed by atoms with E-state index in [2.05, 4.69) is 0 Å². The zero-order valence-corrected chi connectivity index (χ0v) is 17.0. The Balaban J connectivity index is 1.72. The molecular weight excluding hydrogens is 384 g/mol. The zero-order chi connectivity index (χ0) is 18.9. The van der Waals surface area contributed by atoms with E-state index < -0.39 is 68.0 Å². The number of fused-ring (bicyclic) bond motifs is 1. The van der Waals surface area contributed by atoms with Crippen LogP contribution in [0, 0.1) is 0 Å². The molecule has 0 spiro atoms. The minimum Gasteiger partial charge on any atom is -0.382 e. The van der Waals surface area contributed by atoms with Crippen molar-refractivity contribution in [2.75, 3.05) is 18.1 Å². The standard InChI is InChI=1S/C16H26O8S2/c1-14(2)20-8-9(22-14)10-16(17,13-25(18)6-5-7-26(13)19)11-12(21-10)24-15(3,4)23-11/h9-13,17H,5-8H2,1-4H3/t9-,10-,11+,12-,13?,16-,25?,26?/m1/s1. The lowest BCUT2D eigenvalue weighted by Crippen LogP contribution is -2.64. The quantitative estimate of drug-likeness (QED) is 0.678. The fourth-order valence-electron chi connectivity index (χ4n) is 4.17. The first kappa shape index (κ1) is 19.4. The van der Waals surface area contributed by atoms with Gasteiger partial charge in [-0.25, -0.2) is 0 Å². The average molecular weight is 411 g/mol. The molecule has 4 aliphatic heterocycles. The first-order chi connectivity index (χ1) is 12.0. The highest BCUT2D eigenvalue weighted by atomic mass is 32.2. The highest BCUT2D eigenvalue weighted by Gasteiger charge is 2.71. The van der Waals surface area contributed by atoms with Crippen molar-refractivity contribution in [1.82, 2.24) is 0 Å². The molecular formula is C16H26O8S2. The summed E-state index contributed by atoms with van der Waals surface area (Å²) >= 11 is 0. The third-order valence-corrected chi connectivity index (χ3v) is 9.54. The van der Waals surface area contributed by atoms with Crippen LogP contribution >= 0.6 is 0 Å². The lowest BCUT2D eigenvalue weighted by molar-refractivity contribution is -0.246. The van der Waals surface area contributed by atoms with Gasteiger partial charge >= 0.3 is 0 Å². The van der Waals surface area contributed by atoms with Crippen LogP contribution < -0.4 is 0 Å². The van der Waals surface area contributed by atoms with Crippen molar-refractivity contribution >= 4 is 21.6 Å². The van der Waals surface area contributed by atoms with Gasteiger partial charge in [0.2, 0.25) is 0 Å². The molecule has 150 valence electrons. The summed E-state index contributed by atoms with van der Waals surface area (Å²) < 4.78 is 53.7. The third-order valence-electron chi connectivity index (χ3n) is 5.16. The maximum absolute atomic E-state index is 12.8.